The number of urea groups is 1. The van der Waals surface area contributed by atoms with E-state index in [0.29, 0.717) is 39.3 Å². The number of morpholine rings is 1. The van der Waals surface area contributed by atoms with E-state index in [1.54, 1.807) is 4.90 Å². The van der Waals surface area contributed by atoms with Crippen LogP contribution in [-0.2, 0) is 17.7 Å². The SMILES string of the molecule is Cc1c[nH]c2ncc(-c3cc4c(c([C@@H]5COCCN5)c3)CN(C(=O)N3CC[C@H](F)C3)CC4)nc12. The zero-order valence-corrected chi connectivity index (χ0v) is 19.3. The number of aryl methyl sites for hydroxylation is 1. The molecule has 0 radical (unpaired) electrons. The molecule has 34 heavy (non-hydrogen) atoms. The molecule has 3 aliphatic rings. The van der Waals surface area contributed by atoms with Crippen LogP contribution in [0.5, 0.6) is 0 Å². The van der Waals surface area contributed by atoms with Crippen molar-refractivity contribution in [3.8, 4) is 11.3 Å². The molecule has 1 aromatic carbocycles. The number of H-pyrrole nitrogens is 1. The maximum atomic E-state index is 13.7. The van der Waals surface area contributed by atoms with Crippen LogP contribution in [0.3, 0.4) is 0 Å². The van der Waals surface area contributed by atoms with Crippen molar-refractivity contribution in [2.75, 3.05) is 39.4 Å². The predicted molar refractivity (Wildman–Crippen MR) is 126 cm³/mol. The Kier molecular flexibility index (Phi) is 5.45. The van der Waals surface area contributed by atoms with E-state index >= 15 is 0 Å². The lowest BCUT2D eigenvalue weighted by molar-refractivity contribution is 0.0762. The molecular weight excluding hydrogens is 435 g/mol. The predicted octanol–water partition coefficient (Wildman–Crippen LogP) is 3.12. The summed E-state index contributed by atoms with van der Waals surface area (Å²) in [4.78, 5) is 29.2. The third kappa shape index (κ3) is 3.82. The number of hydrogen-bond acceptors (Lipinski definition) is 5. The summed E-state index contributed by atoms with van der Waals surface area (Å²) in [6.07, 6.45) is 4.01. The van der Waals surface area contributed by atoms with E-state index in [4.69, 9.17) is 9.72 Å². The normalized spacial score (nSPS) is 22.9. The number of aromatic amines is 1. The number of carbonyl (C=O) groups excluding carboxylic acids is 1. The lowest BCUT2D eigenvalue weighted by Gasteiger charge is -2.35. The van der Waals surface area contributed by atoms with Crippen LogP contribution < -0.4 is 5.32 Å². The standard InChI is InChI=1S/C25H29FN6O2/c1-15-10-28-24-23(15)30-21(11-29-24)17-8-16-2-5-32(25(33)31-6-3-18(26)12-31)13-20(16)19(9-17)22-14-34-7-4-27-22/h8-11,18,22,27H,2-7,12-14H2,1H3,(H,28,29)/t18-,22-/m0/s1. The summed E-state index contributed by atoms with van der Waals surface area (Å²) in [5, 5.41) is 3.57. The van der Waals surface area contributed by atoms with Gasteiger partial charge in [0.1, 0.15) is 11.7 Å². The molecule has 0 aliphatic carbocycles. The van der Waals surface area contributed by atoms with E-state index in [1.807, 2.05) is 24.2 Å². The second kappa shape index (κ2) is 8.63. The largest absolute Gasteiger partial charge is 0.378 e. The lowest BCUT2D eigenvalue weighted by Crippen LogP contribution is -2.45. The molecule has 2 atom stereocenters. The van der Waals surface area contributed by atoms with Crippen molar-refractivity contribution in [1.82, 2.24) is 30.1 Å². The summed E-state index contributed by atoms with van der Waals surface area (Å²) in [5.74, 6) is 0. The van der Waals surface area contributed by atoms with Crippen molar-refractivity contribution in [2.45, 2.75) is 38.5 Å². The van der Waals surface area contributed by atoms with Gasteiger partial charge in [-0.15, -0.1) is 0 Å². The van der Waals surface area contributed by atoms with Gasteiger partial charge in [-0.1, -0.05) is 0 Å². The minimum atomic E-state index is -0.912. The Balaban J connectivity index is 1.37. The Morgan fingerprint density at radius 3 is 2.97 bits per heavy atom. The second-order valence-electron chi connectivity index (χ2n) is 9.50. The van der Waals surface area contributed by atoms with Crippen molar-refractivity contribution in [3.05, 3.63) is 46.8 Å². The highest BCUT2D eigenvalue weighted by molar-refractivity contribution is 5.78. The molecular formula is C25H29FN6O2. The van der Waals surface area contributed by atoms with E-state index in [0.717, 1.165) is 52.1 Å². The summed E-state index contributed by atoms with van der Waals surface area (Å²) < 4.78 is 19.5. The van der Waals surface area contributed by atoms with Crippen LogP contribution in [0.2, 0.25) is 0 Å². The molecule has 0 unspecified atom stereocenters. The molecule has 5 heterocycles. The number of hydrogen-bond donors (Lipinski definition) is 2. The molecule has 6 rings (SSSR count). The van der Waals surface area contributed by atoms with Gasteiger partial charge in [-0.3, -0.25) is 0 Å². The van der Waals surface area contributed by atoms with Crippen LogP contribution in [0, 0.1) is 6.92 Å². The molecule has 8 nitrogen and oxygen atoms in total. The summed E-state index contributed by atoms with van der Waals surface area (Å²) >= 11 is 0. The first-order valence-electron chi connectivity index (χ1n) is 12.0. The topological polar surface area (TPSA) is 86.4 Å². The number of ether oxygens (including phenoxy) is 1. The number of carbonyl (C=O) groups is 1. The molecule has 0 bridgehead atoms. The fraction of sp³-hybridized carbons (Fsp3) is 0.480. The van der Waals surface area contributed by atoms with Gasteiger partial charge in [0.25, 0.3) is 0 Å². The van der Waals surface area contributed by atoms with E-state index in [1.165, 1.54) is 5.56 Å². The van der Waals surface area contributed by atoms with Crippen LogP contribution in [0.4, 0.5) is 9.18 Å². The highest BCUT2D eigenvalue weighted by Crippen LogP contribution is 2.34. The van der Waals surface area contributed by atoms with Crippen LogP contribution >= 0.6 is 0 Å². The van der Waals surface area contributed by atoms with Crippen LogP contribution in [0.25, 0.3) is 22.4 Å². The summed E-state index contributed by atoms with van der Waals surface area (Å²) in [6.45, 7) is 5.93. The van der Waals surface area contributed by atoms with Crippen molar-refractivity contribution in [2.24, 2.45) is 0 Å². The van der Waals surface area contributed by atoms with Crippen molar-refractivity contribution < 1.29 is 13.9 Å². The molecule has 2 saturated heterocycles. The summed E-state index contributed by atoms with van der Waals surface area (Å²) in [7, 11) is 0. The van der Waals surface area contributed by atoms with E-state index < -0.39 is 6.17 Å². The maximum Gasteiger partial charge on any atom is 0.320 e. The monoisotopic (exact) mass is 464 g/mol. The Labute approximate surface area is 197 Å². The number of alkyl halides is 1. The molecule has 3 aromatic rings. The van der Waals surface area contributed by atoms with Gasteiger partial charge in [0.05, 0.1) is 37.7 Å². The Bertz CT molecular complexity index is 1240. The van der Waals surface area contributed by atoms with E-state index in [9.17, 15) is 9.18 Å². The average molecular weight is 465 g/mol. The first-order valence-corrected chi connectivity index (χ1v) is 12.0. The molecule has 9 heteroatoms. The van der Waals surface area contributed by atoms with Gasteiger partial charge in [-0.25, -0.2) is 19.2 Å². The minimum absolute atomic E-state index is 0.0465. The van der Waals surface area contributed by atoms with Gasteiger partial charge in [-0.05, 0) is 54.2 Å². The van der Waals surface area contributed by atoms with Crippen LogP contribution in [0.15, 0.2) is 24.5 Å². The highest BCUT2D eigenvalue weighted by Gasteiger charge is 2.33. The Morgan fingerprint density at radius 1 is 1.26 bits per heavy atom. The maximum absolute atomic E-state index is 13.7. The number of fused-ring (bicyclic) bond motifs is 2. The fourth-order valence-corrected chi connectivity index (χ4v) is 5.33. The van der Waals surface area contributed by atoms with Gasteiger partial charge in [-0.2, -0.15) is 0 Å². The zero-order chi connectivity index (χ0) is 23.2. The second-order valence-corrected chi connectivity index (χ2v) is 9.50. The molecule has 2 fully saturated rings. The smallest absolute Gasteiger partial charge is 0.320 e. The third-order valence-electron chi connectivity index (χ3n) is 7.21. The number of nitrogens with zero attached hydrogens (tertiary/aromatic N) is 4. The molecule has 2 amide bonds. The first-order chi connectivity index (χ1) is 16.6. The molecule has 2 N–H and O–H groups in total. The molecule has 178 valence electrons. The molecule has 3 aliphatic heterocycles. The number of amides is 2. The quantitative estimate of drug-likeness (QED) is 0.609. The number of likely N-dealkylation sites (tertiary alicyclic amines) is 1. The van der Waals surface area contributed by atoms with Gasteiger partial charge in [0.2, 0.25) is 0 Å². The van der Waals surface area contributed by atoms with Crippen LogP contribution in [-0.4, -0.2) is 76.3 Å². The third-order valence-corrected chi connectivity index (χ3v) is 7.21. The van der Waals surface area contributed by atoms with Crippen molar-refractivity contribution in [3.63, 3.8) is 0 Å². The average Bonchev–Trinajstić information content (AvgIpc) is 3.48. The van der Waals surface area contributed by atoms with Gasteiger partial charge >= 0.3 is 6.03 Å². The zero-order valence-electron chi connectivity index (χ0n) is 19.3. The van der Waals surface area contributed by atoms with E-state index in [-0.39, 0.29) is 18.6 Å². The molecule has 2 aromatic heterocycles. The lowest BCUT2D eigenvalue weighted by atomic mass is 9.88. The summed E-state index contributed by atoms with van der Waals surface area (Å²) in [6, 6.07) is 4.35. The number of benzene rings is 1. The van der Waals surface area contributed by atoms with E-state index in [2.05, 4.69) is 27.4 Å². The Hall–Kier alpha value is -3.04. The molecule has 0 saturated carbocycles. The minimum Gasteiger partial charge on any atom is -0.378 e. The summed E-state index contributed by atoms with van der Waals surface area (Å²) in [5.41, 5.74) is 8.11. The highest BCUT2D eigenvalue weighted by atomic mass is 19.1. The Morgan fingerprint density at radius 2 is 2.18 bits per heavy atom. The van der Waals surface area contributed by atoms with Gasteiger partial charge < -0.3 is 24.8 Å². The van der Waals surface area contributed by atoms with Gasteiger partial charge in [0.15, 0.2) is 5.65 Å². The molecule has 0 spiro atoms. The number of nitrogens with one attached hydrogen (secondary N) is 2. The number of halogens is 1. The fourth-order valence-electron chi connectivity index (χ4n) is 5.33. The number of rotatable bonds is 2. The van der Waals surface area contributed by atoms with Crippen LogP contribution in [0.1, 0.15) is 34.7 Å². The first kappa shape index (κ1) is 21.5. The number of aromatic nitrogens is 3. The van der Waals surface area contributed by atoms with Gasteiger partial charge in [0, 0.05) is 37.9 Å². The van der Waals surface area contributed by atoms with Crippen molar-refractivity contribution in [1.29, 1.82) is 0 Å². The van der Waals surface area contributed by atoms with Crippen molar-refractivity contribution >= 4 is 17.2 Å².